The fourth-order valence-corrected chi connectivity index (χ4v) is 5.88. The van der Waals surface area contributed by atoms with Gasteiger partial charge in [-0.15, -0.1) is 0 Å². The summed E-state index contributed by atoms with van der Waals surface area (Å²) in [6.45, 7) is 1.83. The Hall–Kier alpha value is -3.86. The number of halogens is 2. The molecule has 0 aromatic heterocycles. The molecular weight excluding hydrogens is 618 g/mol. The first-order chi connectivity index (χ1) is 19.1. The third-order valence-corrected chi connectivity index (χ3v) is 8.55. The maximum Gasteiger partial charge on any atom is 0.273 e. The number of sulfonamides is 1. The van der Waals surface area contributed by atoms with Crippen molar-refractivity contribution >= 4 is 55.4 Å². The summed E-state index contributed by atoms with van der Waals surface area (Å²) >= 11 is 9.28. The predicted octanol–water partition coefficient (Wildman–Crippen LogP) is 6.28. The number of carbonyl (C=O) groups excluding carboxylic acids is 1. The van der Waals surface area contributed by atoms with Crippen LogP contribution in [0.1, 0.15) is 27.0 Å². The van der Waals surface area contributed by atoms with Gasteiger partial charge < -0.3 is 9.84 Å². The second-order valence-electron chi connectivity index (χ2n) is 8.72. The zero-order valence-corrected chi connectivity index (χ0v) is 24.7. The molecule has 0 heterocycles. The minimum absolute atomic E-state index is 0.0394. The lowest BCUT2D eigenvalue weighted by Crippen LogP contribution is -2.33. The molecule has 0 atom stereocenters. The zero-order valence-electron chi connectivity index (χ0n) is 21.5. The highest BCUT2D eigenvalue weighted by Gasteiger charge is 2.28. The van der Waals surface area contributed by atoms with Crippen LogP contribution in [0.3, 0.4) is 0 Å². The number of aromatic hydroxyl groups is 1. The first-order valence-electron chi connectivity index (χ1n) is 11.9. The molecule has 4 aromatic rings. The molecule has 4 aromatic carbocycles. The van der Waals surface area contributed by atoms with Crippen LogP contribution in [0.25, 0.3) is 0 Å². The van der Waals surface area contributed by atoms with Crippen LogP contribution in [0.4, 0.5) is 5.69 Å². The Balaban J connectivity index is 1.69. The van der Waals surface area contributed by atoms with Gasteiger partial charge in [-0.1, -0.05) is 53.6 Å². The number of aryl methyl sites for hydroxylation is 1. The van der Waals surface area contributed by atoms with Gasteiger partial charge in [0.15, 0.2) is 11.5 Å². The molecule has 11 heteroatoms. The third-order valence-electron chi connectivity index (χ3n) is 5.92. The number of para-hydroxylation sites is 1. The number of nitrogens with zero attached hydrogens (tertiary/aromatic N) is 2. The molecule has 0 bridgehead atoms. The van der Waals surface area contributed by atoms with Gasteiger partial charge in [0.1, 0.15) is 0 Å². The number of ether oxygens (including phenoxy) is 1. The van der Waals surface area contributed by atoms with E-state index < -0.39 is 15.9 Å². The summed E-state index contributed by atoms with van der Waals surface area (Å²) in [6, 6.07) is 22.9. The molecule has 2 N–H and O–H groups in total. The van der Waals surface area contributed by atoms with Gasteiger partial charge in [0, 0.05) is 5.02 Å². The Morgan fingerprint density at radius 2 is 1.75 bits per heavy atom. The van der Waals surface area contributed by atoms with E-state index in [0.29, 0.717) is 20.6 Å². The number of carbonyl (C=O) groups is 1. The van der Waals surface area contributed by atoms with Crippen LogP contribution < -0.4 is 14.5 Å². The van der Waals surface area contributed by atoms with E-state index in [4.69, 9.17) is 16.3 Å². The number of benzene rings is 4. The Morgan fingerprint density at radius 3 is 2.42 bits per heavy atom. The molecule has 0 spiro atoms. The Labute approximate surface area is 246 Å². The summed E-state index contributed by atoms with van der Waals surface area (Å²) in [5.74, 6) is -0.448. The van der Waals surface area contributed by atoms with Gasteiger partial charge in [0.05, 0.1) is 40.5 Å². The highest BCUT2D eigenvalue weighted by Crippen LogP contribution is 2.35. The van der Waals surface area contributed by atoms with Crippen LogP contribution >= 0.6 is 27.5 Å². The van der Waals surface area contributed by atoms with Crippen molar-refractivity contribution in [1.82, 2.24) is 5.43 Å². The van der Waals surface area contributed by atoms with Crippen LogP contribution in [0.5, 0.6) is 11.5 Å². The fourth-order valence-electron chi connectivity index (χ4n) is 3.83. The molecule has 1 amide bonds. The fraction of sp³-hybridized carbons (Fsp3) is 0.103. The summed E-state index contributed by atoms with van der Waals surface area (Å²) in [4.78, 5) is 13.4. The normalized spacial score (nSPS) is 11.4. The van der Waals surface area contributed by atoms with Crippen molar-refractivity contribution in [2.24, 2.45) is 5.10 Å². The van der Waals surface area contributed by atoms with Crippen molar-refractivity contribution in [2.75, 3.05) is 11.4 Å². The molecular formula is C29H25BrClN3O5S. The van der Waals surface area contributed by atoms with Crippen molar-refractivity contribution < 1.29 is 23.1 Å². The Bertz CT molecular complexity index is 1660. The van der Waals surface area contributed by atoms with Crippen LogP contribution in [0, 0.1) is 6.92 Å². The van der Waals surface area contributed by atoms with E-state index in [9.17, 15) is 18.3 Å². The maximum atomic E-state index is 13.9. The van der Waals surface area contributed by atoms with Crippen LogP contribution in [0.2, 0.25) is 5.02 Å². The molecule has 0 fully saturated rings. The molecule has 0 saturated heterocycles. The number of nitrogens with one attached hydrogen (secondary N) is 1. The Morgan fingerprint density at radius 1 is 1.07 bits per heavy atom. The first-order valence-corrected chi connectivity index (χ1v) is 14.5. The van der Waals surface area contributed by atoms with E-state index in [1.165, 1.54) is 35.8 Å². The average Bonchev–Trinajstić information content (AvgIpc) is 2.94. The zero-order chi connectivity index (χ0) is 28.9. The maximum absolute atomic E-state index is 13.9. The van der Waals surface area contributed by atoms with Gasteiger partial charge in [0.25, 0.3) is 15.9 Å². The highest BCUT2D eigenvalue weighted by molar-refractivity contribution is 9.10. The van der Waals surface area contributed by atoms with Gasteiger partial charge in [-0.3, -0.25) is 9.10 Å². The number of phenolic OH excluding ortho intramolecular Hbond substituents is 1. The van der Waals surface area contributed by atoms with Gasteiger partial charge in [-0.2, -0.15) is 5.10 Å². The molecule has 8 nitrogen and oxygen atoms in total. The van der Waals surface area contributed by atoms with Crippen molar-refractivity contribution in [3.8, 4) is 11.5 Å². The molecule has 0 radical (unpaired) electrons. The second-order valence-corrected chi connectivity index (χ2v) is 11.9. The average molecular weight is 643 g/mol. The number of anilines is 1. The standard InChI is InChI=1S/C29H25BrClN3O5S/c1-19-7-13-23(14-8-19)40(37,38)34(18-20-9-11-22(31)12-10-20)26-6-4-3-5-24(26)29(36)33-32-17-21-15-25(30)28(35)27(16-21)39-2/h3-17,35H,18H2,1-2H3,(H,33,36)/b32-17-. The molecule has 0 aliphatic rings. The van der Waals surface area contributed by atoms with Gasteiger partial charge in [0.2, 0.25) is 0 Å². The van der Waals surface area contributed by atoms with Crippen LogP contribution in [-0.4, -0.2) is 32.8 Å². The minimum Gasteiger partial charge on any atom is -0.503 e. The van der Waals surface area contributed by atoms with Crippen LogP contribution in [-0.2, 0) is 16.6 Å². The van der Waals surface area contributed by atoms with E-state index in [-0.39, 0.29) is 34.2 Å². The number of rotatable bonds is 9. The lowest BCUT2D eigenvalue weighted by atomic mass is 10.1. The summed E-state index contributed by atoms with van der Waals surface area (Å²) < 4.78 is 34.5. The predicted molar refractivity (Wildman–Crippen MR) is 160 cm³/mol. The molecule has 4 rings (SSSR count). The number of hydrogen-bond donors (Lipinski definition) is 2. The molecule has 0 aliphatic heterocycles. The number of hydrogen-bond acceptors (Lipinski definition) is 6. The minimum atomic E-state index is -4.08. The summed E-state index contributed by atoms with van der Waals surface area (Å²) in [5, 5.41) is 14.5. The van der Waals surface area contributed by atoms with Crippen molar-refractivity contribution in [2.45, 2.75) is 18.4 Å². The van der Waals surface area contributed by atoms with E-state index in [0.717, 1.165) is 5.56 Å². The van der Waals surface area contributed by atoms with E-state index >= 15 is 0 Å². The lowest BCUT2D eigenvalue weighted by molar-refractivity contribution is 0.0955. The van der Waals surface area contributed by atoms with E-state index in [1.807, 2.05) is 6.92 Å². The number of phenols is 1. The Kier molecular flexibility index (Phi) is 9.14. The molecule has 0 aliphatic carbocycles. The van der Waals surface area contributed by atoms with Gasteiger partial charge in [-0.25, -0.2) is 13.8 Å². The summed E-state index contributed by atoms with van der Waals surface area (Å²) in [6.07, 6.45) is 1.38. The SMILES string of the molecule is COc1cc(/C=N\NC(=O)c2ccccc2N(Cc2ccc(Cl)cc2)S(=O)(=O)c2ccc(C)cc2)cc(Br)c1O. The van der Waals surface area contributed by atoms with E-state index in [2.05, 4.69) is 26.5 Å². The largest absolute Gasteiger partial charge is 0.503 e. The molecule has 206 valence electrons. The first kappa shape index (κ1) is 29.1. The summed E-state index contributed by atoms with van der Waals surface area (Å²) in [7, 11) is -2.66. The van der Waals surface area contributed by atoms with Crippen molar-refractivity contribution in [3.05, 3.63) is 117 Å². The number of methoxy groups -OCH3 is 1. The number of amides is 1. The lowest BCUT2D eigenvalue weighted by Gasteiger charge is -2.26. The smallest absolute Gasteiger partial charge is 0.273 e. The van der Waals surface area contributed by atoms with Gasteiger partial charge in [-0.05, 0) is 82.5 Å². The third kappa shape index (κ3) is 6.64. The molecule has 0 unspecified atom stereocenters. The monoisotopic (exact) mass is 641 g/mol. The number of hydrazone groups is 1. The quantitative estimate of drug-likeness (QED) is 0.165. The molecule has 40 heavy (non-hydrogen) atoms. The molecule has 0 saturated carbocycles. The van der Waals surface area contributed by atoms with Crippen molar-refractivity contribution in [3.63, 3.8) is 0 Å². The highest BCUT2D eigenvalue weighted by atomic mass is 79.9. The van der Waals surface area contributed by atoms with Crippen LogP contribution in [0.15, 0.2) is 99.4 Å². The topological polar surface area (TPSA) is 108 Å². The summed E-state index contributed by atoms with van der Waals surface area (Å²) in [5.41, 5.74) is 4.88. The van der Waals surface area contributed by atoms with Gasteiger partial charge >= 0.3 is 0 Å². The van der Waals surface area contributed by atoms with Crippen molar-refractivity contribution in [1.29, 1.82) is 0 Å². The van der Waals surface area contributed by atoms with E-state index in [1.54, 1.807) is 66.7 Å². The second kappa shape index (κ2) is 12.5.